The smallest absolute Gasteiger partial charge is 0.330 e. The maximum atomic E-state index is 13.5. The molecule has 1 aliphatic rings. The number of carbonyl (C=O) groups excluding carboxylic acids is 1. The fraction of sp³-hybridized carbons (Fsp3) is 0.400. The van der Waals surface area contributed by atoms with Crippen LogP contribution in [0, 0.1) is 0 Å². The van der Waals surface area contributed by atoms with Gasteiger partial charge in [-0.25, -0.2) is 13.2 Å². The van der Waals surface area contributed by atoms with E-state index < -0.39 is 27.3 Å². The Labute approximate surface area is 204 Å². The van der Waals surface area contributed by atoms with E-state index in [1.54, 1.807) is 4.90 Å². The van der Waals surface area contributed by atoms with Crippen LogP contribution in [-0.2, 0) is 35.3 Å². The summed E-state index contributed by atoms with van der Waals surface area (Å²) in [5.41, 5.74) is 0.0908. The molecule has 1 aliphatic heterocycles. The monoisotopic (exact) mass is 498 g/mol. The zero-order valence-electron chi connectivity index (χ0n) is 19.9. The van der Waals surface area contributed by atoms with Crippen molar-refractivity contribution in [3.05, 3.63) is 74.9 Å². The summed E-state index contributed by atoms with van der Waals surface area (Å²) in [6.07, 6.45) is 4.09. The zero-order chi connectivity index (χ0) is 25.2. The molecule has 1 atom stereocenters. The van der Waals surface area contributed by atoms with Crippen LogP contribution in [0.25, 0.3) is 10.9 Å². The van der Waals surface area contributed by atoms with Crippen LogP contribution in [-0.4, -0.2) is 47.5 Å². The van der Waals surface area contributed by atoms with Crippen molar-refractivity contribution in [1.29, 1.82) is 0 Å². The third kappa shape index (κ3) is 5.23. The fourth-order valence-corrected chi connectivity index (χ4v) is 5.75. The Balaban J connectivity index is 1.70. The van der Waals surface area contributed by atoms with Crippen molar-refractivity contribution < 1.29 is 13.2 Å². The molecular formula is C25H30N4O5S. The van der Waals surface area contributed by atoms with E-state index in [0.717, 1.165) is 35.8 Å². The molecule has 2 aromatic carbocycles. The number of aromatic nitrogens is 2. The molecule has 0 bridgehead atoms. The van der Waals surface area contributed by atoms with Gasteiger partial charge >= 0.3 is 5.69 Å². The molecule has 1 unspecified atom stereocenters. The van der Waals surface area contributed by atoms with E-state index in [2.05, 4.69) is 4.72 Å². The van der Waals surface area contributed by atoms with E-state index in [1.807, 2.05) is 30.3 Å². The number of sulfonamides is 1. The van der Waals surface area contributed by atoms with Gasteiger partial charge in [-0.3, -0.25) is 18.7 Å². The van der Waals surface area contributed by atoms with Gasteiger partial charge in [0.25, 0.3) is 5.56 Å². The van der Waals surface area contributed by atoms with Gasteiger partial charge < -0.3 is 4.90 Å². The minimum absolute atomic E-state index is 0.107. The average molecular weight is 499 g/mol. The van der Waals surface area contributed by atoms with Crippen LogP contribution < -0.4 is 16.0 Å². The summed E-state index contributed by atoms with van der Waals surface area (Å²) in [5, 5.41) is 0.107. The summed E-state index contributed by atoms with van der Waals surface area (Å²) < 4.78 is 31.7. The molecule has 1 fully saturated rings. The molecule has 186 valence electrons. The van der Waals surface area contributed by atoms with Gasteiger partial charge in [-0.15, -0.1) is 0 Å². The highest BCUT2D eigenvalue weighted by atomic mass is 32.2. The van der Waals surface area contributed by atoms with Crippen molar-refractivity contribution in [2.45, 2.75) is 43.0 Å². The van der Waals surface area contributed by atoms with Gasteiger partial charge in [0.2, 0.25) is 15.9 Å². The highest BCUT2D eigenvalue weighted by molar-refractivity contribution is 7.89. The van der Waals surface area contributed by atoms with Gasteiger partial charge in [0.05, 0.1) is 15.8 Å². The number of rotatable bonds is 6. The second kappa shape index (κ2) is 10.2. The maximum Gasteiger partial charge on any atom is 0.330 e. The standard InChI is InChI=1S/C25H30N4O5S/c1-27-22-13-12-19(17-20(22)23(30)28(2)25(27)32)35(33,34)26-21(16-18-10-6-5-7-11-18)24(31)29-14-8-3-4-9-15-29/h5-7,10-13,17,21,26H,3-4,8-9,14-16H2,1-2H3. The topological polar surface area (TPSA) is 110 Å². The Hall–Kier alpha value is -3.24. The van der Waals surface area contributed by atoms with Crippen molar-refractivity contribution >= 4 is 26.8 Å². The summed E-state index contributed by atoms with van der Waals surface area (Å²) in [7, 11) is -1.28. The predicted molar refractivity (Wildman–Crippen MR) is 134 cm³/mol. The van der Waals surface area contributed by atoms with Crippen LogP contribution in [0.5, 0.6) is 0 Å². The summed E-state index contributed by atoms with van der Waals surface area (Å²) in [4.78, 5) is 39.9. The fourth-order valence-electron chi connectivity index (χ4n) is 4.54. The first-order valence-electron chi connectivity index (χ1n) is 11.7. The Kier molecular flexibility index (Phi) is 7.23. The number of nitrogens with zero attached hydrogens (tertiary/aromatic N) is 3. The van der Waals surface area contributed by atoms with Crippen LogP contribution in [0.4, 0.5) is 0 Å². The van der Waals surface area contributed by atoms with Crippen molar-refractivity contribution in [2.24, 2.45) is 14.1 Å². The van der Waals surface area contributed by atoms with E-state index in [4.69, 9.17) is 0 Å². The Morgan fingerprint density at radius 1 is 0.943 bits per heavy atom. The molecule has 9 nitrogen and oxygen atoms in total. The molecule has 1 amide bonds. The minimum atomic E-state index is -4.15. The molecule has 0 aliphatic carbocycles. The van der Waals surface area contributed by atoms with E-state index >= 15 is 0 Å². The van der Waals surface area contributed by atoms with E-state index in [0.29, 0.717) is 18.6 Å². The van der Waals surface area contributed by atoms with Crippen LogP contribution >= 0.6 is 0 Å². The molecule has 0 radical (unpaired) electrons. The Bertz CT molecular complexity index is 1450. The van der Waals surface area contributed by atoms with Crippen LogP contribution in [0.15, 0.2) is 63.0 Å². The molecule has 1 aromatic heterocycles. The third-order valence-electron chi connectivity index (χ3n) is 6.54. The third-order valence-corrected chi connectivity index (χ3v) is 8.01. The zero-order valence-corrected chi connectivity index (χ0v) is 20.8. The summed E-state index contributed by atoms with van der Waals surface area (Å²) in [6, 6.07) is 12.3. The molecule has 35 heavy (non-hydrogen) atoms. The molecule has 0 saturated carbocycles. The molecule has 0 spiro atoms. The molecule has 1 N–H and O–H groups in total. The number of likely N-dealkylation sites (tertiary alicyclic amines) is 1. The number of fused-ring (bicyclic) bond motifs is 1. The average Bonchev–Trinajstić information content (AvgIpc) is 3.15. The highest BCUT2D eigenvalue weighted by Gasteiger charge is 2.30. The lowest BCUT2D eigenvalue weighted by molar-refractivity contribution is -0.132. The van der Waals surface area contributed by atoms with Gasteiger partial charge in [0, 0.05) is 27.2 Å². The molecule has 10 heteroatoms. The SMILES string of the molecule is Cn1c(=O)c2cc(S(=O)(=O)NC(Cc3ccccc3)C(=O)N3CCCCCC3)ccc2n(C)c1=O. The number of benzene rings is 2. The second-order valence-electron chi connectivity index (χ2n) is 8.99. The molecule has 2 heterocycles. The normalized spacial score (nSPS) is 15.7. The molecule has 1 saturated heterocycles. The Morgan fingerprint density at radius 2 is 1.60 bits per heavy atom. The maximum absolute atomic E-state index is 13.5. The van der Waals surface area contributed by atoms with Crippen LogP contribution in [0.1, 0.15) is 31.2 Å². The van der Waals surface area contributed by atoms with Gasteiger partial charge in [-0.2, -0.15) is 4.72 Å². The van der Waals surface area contributed by atoms with Gasteiger partial charge in [0.1, 0.15) is 6.04 Å². The van der Waals surface area contributed by atoms with Crippen LogP contribution in [0.3, 0.4) is 0 Å². The first-order valence-corrected chi connectivity index (χ1v) is 13.2. The van der Waals surface area contributed by atoms with Crippen molar-refractivity contribution in [3.8, 4) is 0 Å². The summed E-state index contributed by atoms with van der Waals surface area (Å²) >= 11 is 0. The second-order valence-corrected chi connectivity index (χ2v) is 10.7. The number of carbonyl (C=O) groups is 1. The highest BCUT2D eigenvalue weighted by Crippen LogP contribution is 2.18. The first-order chi connectivity index (χ1) is 16.7. The lowest BCUT2D eigenvalue weighted by Gasteiger charge is -2.27. The predicted octanol–water partition coefficient (Wildman–Crippen LogP) is 1.53. The number of nitrogens with one attached hydrogen (secondary N) is 1. The van der Waals surface area contributed by atoms with Gasteiger partial charge in [0.15, 0.2) is 0 Å². The number of aryl methyl sites for hydroxylation is 1. The van der Waals surface area contributed by atoms with Crippen molar-refractivity contribution in [1.82, 2.24) is 18.8 Å². The van der Waals surface area contributed by atoms with Gasteiger partial charge in [-0.05, 0) is 43.0 Å². The van der Waals surface area contributed by atoms with Gasteiger partial charge in [-0.1, -0.05) is 43.2 Å². The minimum Gasteiger partial charge on any atom is -0.341 e. The van der Waals surface area contributed by atoms with Crippen molar-refractivity contribution in [2.75, 3.05) is 13.1 Å². The first kappa shape index (κ1) is 24.9. The largest absolute Gasteiger partial charge is 0.341 e. The lowest BCUT2D eigenvalue weighted by atomic mass is 10.1. The summed E-state index contributed by atoms with van der Waals surface area (Å²) in [5.74, 6) is -0.251. The number of amides is 1. The van der Waals surface area contributed by atoms with Crippen molar-refractivity contribution in [3.63, 3.8) is 0 Å². The van der Waals surface area contributed by atoms with E-state index in [1.165, 1.54) is 36.9 Å². The van der Waals surface area contributed by atoms with Crippen LogP contribution in [0.2, 0.25) is 0 Å². The molecular weight excluding hydrogens is 468 g/mol. The Morgan fingerprint density at radius 3 is 2.26 bits per heavy atom. The molecule has 3 aromatic rings. The number of hydrogen-bond acceptors (Lipinski definition) is 5. The summed E-state index contributed by atoms with van der Waals surface area (Å²) in [6.45, 7) is 1.21. The number of hydrogen-bond donors (Lipinski definition) is 1. The lowest BCUT2D eigenvalue weighted by Crippen LogP contribution is -2.50. The quantitative estimate of drug-likeness (QED) is 0.554. The van der Waals surface area contributed by atoms with E-state index in [-0.39, 0.29) is 22.6 Å². The molecule has 4 rings (SSSR count). The van der Waals surface area contributed by atoms with E-state index in [9.17, 15) is 22.8 Å².